The van der Waals surface area contributed by atoms with Crippen LogP contribution in [0, 0.1) is 0 Å². The van der Waals surface area contributed by atoms with Crippen molar-refractivity contribution in [3.05, 3.63) is 34.3 Å². The molecule has 0 aliphatic carbocycles. The molecule has 1 rings (SSSR count). The van der Waals surface area contributed by atoms with Crippen LogP contribution in [0.5, 0.6) is 0 Å². The van der Waals surface area contributed by atoms with Crippen molar-refractivity contribution >= 4 is 24.0 Å². The van der Waals surface area contributed by atoms with Gasteiger partial charge < -0.3 is 5.32 Å². The summed E-state index contributed by atoms with van der Waals surface area (Å²) in [5.41, 5.74) is -1.02. The van der Waals surface area contributed by atoms with Gasteiger partial charge in [0.05, 0.1) is 11.6 Å². The van der Waals surface area contributed by atoms with E-state index >= 15 is 0 Å². The zero-order valence-electron chi connectivity index (χ0n) is 9.06. The minimum Gasteiger partial charge on any atom is -0.308 e. The SMILES string of the molecule is CN[C@@H](c1ccc(C(F)(F)F)cc1Cl)C(F)F.Cl. The topological polar surface area (TPSA) is 12.0 Å². The summed E-state index contributed by atoms with van der Waals surface area (Å²) < 4.78 is 62.1. The Kier molecular flexibility index (Phi) is 6.33. The summed E-state index contributed by atoms with van der Waals surface area (Å²) in [7, 11) is 1.28. The lowest BCUT2D eigenvalue weighted by atomic mass is 10.0. The third-order valence-electron chi connectivity index (χ3n) is 2.23. The maximum absolute atomic E-state index is 12.6. The first kappa shape index (κ1) is 17.4. The molecule has 8 heteroatoms. The van der Waals surface area contributed by atoms with Gasteiger partial charge >= 0.3 is 6.18 Å². The summed E-state index contributed by atoms with van der Waals surface area (Å²) >= 11 is 5.58. The van der Waals surface area contributed by atoms with E-state index in [2.05, 4.69) is 5.32 Å². The molecule has 1 aromatic carbocycles. The number of hydrogen-bond acceptors (Lipinski definition) is 1. The lowest BCUT2D eigenvalue weighted by molar-refractivity contribution is -0.137. The van der Waals surface area contributed by atoms with Crippen LogP contribution in [0.15, 0.2) is 18.2 Å². The molecule has 18 heavy (non-hydrogen) atoms. The summed E-state index contributed by atoms with van der Waals surface area (Å²) in [5, 5.41) is 1.97. The van der Waals surface area contributed by atoms with Crippen molar-refractivity contribution in [2.75, 3.05) is 7.05 Å². The molecular weight excluding hydrogens is 300 g/mol. The quantitative estimate of drug-likeness (QED) is 0.821. The largest absolute Gasteiger partial charge is 0.416 e. The second-order valence-electron chi connectivity index (χ2n) is 3.33. The highest BCUT2D eigenvalue weighted by Crippen LogP contribution is 2.34. The van der Waals surface area contributed by atoms with Gasteiger partial charge in [0, 0.05) is 5.02 Å². The Morgan fingerprint density at radius 1 is 1.22 bits per heavy atom. The smallest absolute Gasteiger partial charge is 0.308 e. The molecule has 1 nitrogen and oxygen atoms in total. The Hall–Kier alpha value is -0.590. The zero-order chi connectivity index (χ0) is 13.2. The average Bonchev–Trinajstić information content (AvgIpc) is 2.19. The van der Waals surface area contributed by atoms with Crippen LogP contribution in [0.3, 0.4) is 0 Å². The van der Waals surface area contributed by atoms with E-state index in [1.807, 2.05) is 0 Å². The molecule has 0 bridgehead atoms. The zero-order valence-corrected chi connectivity index (χ0v) is 10.6. The van der Waals surface area contributed by atoms with Gasteiger partial charge in [-0.05, 0) is 24.7 Å². The molecule has 0 radical (unpaired) electrons. The first-order chi connectivity index (χ1) is 7.77. The van der Waals surface area contributed by atoms with Crippen LogP contribution in [0.1, 0.15) is 17.2 Å². The first-order valence-electron chi connectivity index (χ1n) is 4.59. The van der Waals surface area contributed by atoms with Crippen LogP contribution in [-0.4, -0.2) is 13.5 Å². The normalized spacial score (nSPS) is 13.3. The maximum atomic E-state index is 12.6. The molecule has 0 aliphatic heterocycles. The van der Waals surface area contributed by atoms with Gasteiger partial charge in [0.15, 0.2) is 0 Å². The number of hydrogen-bond donors (Lipinski definition) is 1. The third kappa shape index (κ3) is 3.96. The highest BCUT2D eigenvalue weighted by molar-refractivity contribution is 6.31. The number of nitrogens with one attached hydrogen (secondary N) is 1. The van der Waals surface area contributed by atoms with Gasteiger partial charge in [0.1, 0.15) is 0 Å². The highest BCUT2D eigenvalue weighted by atomic mass is 35.5. The van der Waals surface area contributed by atoms with E-state index in [9.17, 15) is 22.0 Å². The van der Waals surface area contributed by atoms with Crippen LogP contribution in [0.4, 0.5) is 22.0 Å². The molecule has 0 unspecified atom stereocenters. The molecule has 0 saturated carbocycles. The van der Waals surface area contributed by atoms with E-state index in [1.165, 1.54) is 7.05 Å². The van der Waals surface area contributed by atoms with Crippen molar-refractivity contribution in [2.45, 2.75) is 18.6 Å². The van der Waals surface area contributed by atoms with E-state index in [0.717, 1.165) is 12.1 Å². The summed E-state index contributed by atoms with van der Waals surface area (Å²) in [4.78, 5) is 0. The van der Waals surface area contributed by atoms with Gasteiger partial charge in [-0.15, -0.1) is 12.4 Å². The fourth-order valence-electron chi connectivity index (χ4n) is 1.37. The molecule has 0 aliphatic rings. The number of halogens is 7. The monoisotopic (exact) mass is 309 g/mol. The van der Waals surface area contributed by atoms with Crippen molar-refractivity contribution in [3.63, 3.8) is 0 Å². The van der Waals surface area contributed by atoms with E-state index < -0.39 is 24.2 Å². The Labute approximate surface area is 112 Å². The number of alkyl halides is 5. The molecule has 0 heterocycles. The first-order valence-corrected chi connectivity index (χ1v) is 4.97. The van der Waals surface area contributed by atoms with Crippen LogP contribution in [0.2, 0.25) is 5.02 Å². The maximum Gasteiger partial charge on any atom is 0.416 e. The molecule has 1 aromatic rings. The Morgan fingerprint density at radius 3 is 2.11 bits per heavy atom. The van der Waals surface area contributed by atoms with Crippen LogP contribution < -0.4 is 5.32 Å². The van der Waals surface area contributed by atoms with Gasteiger partial charge in [0.25, 0.3) is 6.43 Å². The molecule has 104 valence electrons. The number of benzene rings is 1. The van der Waals surface area contributed by atoms with E-state index in [0.29, 0.717) is 6.07 Å². The molecule has 0 amide bonds. The predicted molar refractivity (Wildman–Crippen MR) is 61.5 cm³/mol. The third-order valence-corrected chi connectivity index (χ3v) is 2.55. The van der Waals surface area contributed by atoms with Crippen molar-refractivity contribution in [1.29, 1.82) is 0 Å². The molecule has 1 atom stereocenters. The van der Waals surface area contributed by atoms with Gasteiger partial charge in [-0.3, -0.25) is 0 Å². The molecule has 0 saturated heterocycles. The van der Waals surface area contributed by atoms with Crippen molar-refractivity contribution in [2.24, 2.45) is 0 Å². The summed E-state index contributed by atoms with van der Waals surface area (Å²) in [6, 6.07) is 0.945. The standard InChI is InChI=1S/C10H9ClF5N.ClH/c1-17-8(9(12)13)6-3-2-5(4-7(6)11)10(14,15)16;/h2-4,8-9,17H,1H3;1H/t8-;/m0./s1. The van der Waals surface area contributed by atoms with Gasteiger partial charge in [-0.2, -0.15) is 13.2 Å². The summed E-state index contributed by atoms with van der Waals surface area (Å²) in [6.07, 6.45) is -7.29. The minimum absolute atomic E-state index is 0. The fraction of sp³-hybridized carbons (Fsp3) is 0.400. The molecule has 0 aromatic heterocycles. The van der Waals surface area contributed by atoms with E-state index in [1.54, 1.807) is 0 Å². The average molecular weight is 310 g/mol. The second-order valence-corrected chi connectivity index (χ2v) is 3.74. The molecular formula is C10H10Cl2F5N. The lowest BCUT2D eigenvalue weighted by Crippen LogP contribution is -2.24. The van der Waals surface area contributed by atoms with Crippen molar-refractivity contribution < 1.29 is 22.0 Å². The summed E-state index contributed by atoms with van der Waals surface area (Å²) in [6.45, 7) is 0. The van der Waals surface area contributed by atoms with Crippen LogP contribution >= 0.6 is 24.0 Å². The van der Waals surface area contributed by atoms with Gasteiger partial charge in [-0.1, -0.05) is 17.7 Å². The van der Waals surface area contributed by atoms with E-state index in [4.69, 9.17) is 11.6 Å². The molecule has 0 fully saturated rings. The Balaban J connectivity index is 0.00000289. The molecule has 1 N–H and O–H groups in total. The second kappa shape index (κ2) is 6.54. The van der Waals surface area contributed by atoms with Gasteiger partial charge in [0.2, 0.25) is 0 Å². The molecule has 0 spiro atoms. The van der Waals surface area contributed by atoms with Gasteiger partial charge in [-0.25, -0.2) is 8.78 Å². The fourth-order valence-corrected chi connectivity index (χ4v) is 1.67. The Bertz CT molecular complexity index is 394. The van der Waals surface area contributed by atoms with Crippen LogP contribution in [-0.2, 0) is 6.18 Å². The minimum atomic E-state index is -4.54. The summed E-state index contributed by atoms with van der Waals surface area (Å²) in [5.74, 6) is 0. The predicted octanol–water partition coefficient (Wildman–Crippen LogP) is 4.31. The van der Waals surface area contributed by atoms with Crippen LogP contribution in [0.25, 0.3) is 0 Å². The van der Waals surface area contributed by atoms with E-state index in [-0.39, 0.29) is 23.0 Å². The van der Waals surface area contributed by atoms with Crippen molar-refractivity contribution in [3.8, 4) is 0 Å². The highest BCUT2D eigenvalue weighted by Gasteiger charge is 2.32. The lowest BCUT2D eigenvalue weighted by Gasteiger charge is -2.18. The Morgan fingerprint density at radius 2 is 1.78 bits per heavy atom. The van der Waals surface area contributed by atoms with Crippen molar-refractivity contribution in [1.82, 2.24) is 5.32 Å². The number of rotatable bonds is 3.